The highest BCUT2D eigenvalue weighted by molar-refractivity contribution is 5.96. The number of rotatable bonds is 3. The minimum atomic E-state index is -0.554. The van der Waals surface area contributed by atoms with Crippen LogP contribution in [0.25, 0.3) is 0 Å². The number of aliphatic hydroxyl groups is 1. The molecule has 15 heavy (non-hydrogen) atoms. The molecule has 0 aliphatic heterocycles. The fourth-order valence-electron chi connectivity index (χ4n) is 2.38. The van der Waals surface area contributed by atoms with Crippen LogP contribution in [-0.2, 0) is 4.79 Å². The van der Waals surface area contributed by atoms with Crippen LogP contribution in [0.4, 0.5) is 0 Å². The van der Waals surface area contributed by atoms with Crippen LogP contribution in [0, 0.1) is 5.41 Å². The zero-order chi connectivity index (χ0) is 11.6. The molecule has 0 radical (unpaired) electrons. The van der Waals surface area contributed by atoms with E-state index >= 15 is 0 Å². The lowest BCUT2D eigenvalue weighted by atomic mass is 9.70. The van der Waals surface area contributed by atoms with E-state index in [-0.39, 0.29) is 11.2 Å². The van der Waals surface area contributed by atoms with Crippen molar-refractivity contribution in [3.05, 3.63) is 23.8 Å². The number of ketones is 1. The maximum atomic E-state index is 11.6. The zero-order valence-corrected chi connectivity index (χ0v) is 9.84. The molecule has 0 aromatic rings. The molecule has 0 saturated heterocycles. The molecule has 84 valence electrons. The minimum absolute atomic E-state index is 0.0690. The van der Waals surface area contributed by atoms with E-state index in [1.807, 2.05) is 6.92 Å². The van der Waals surface area contributed by atoms with E-state index in [0.717, 1.165) is 17.6 Å². The predicted molar refractivity (Wildman–Crippen MR) is 61.5 cm³/mol. The average molecular weight is 208 g/mol. The largest absolute Gasteiger partial charge is 0.388 e. The summed E-state index contributed by atoms with van der Waals surface area (Å²) in [6, 6.07) is 0. The van der Waals surface area contributed by atoms with E-state index < -0.39 is 6.10 Å². The SMILES string of the molecule is C=CCC(O)C1=C(C)C(=O)CCC1(C)C. The molecule has 1 unspecified atom stereocenters. The molecule has 1 atom stereocenters. The van der Waals surface area contributed by atoms with Gasteiger partial charge in [0.25, 0.3) is 0 Å². The Labute approximate surface area is 91.7 Å². The quantitative estimate of drug-likeness (QED) is 0.724. The van der Waals surface area contributed by atoms with Crippen molar-refractivity contribution in [2.45, 2.75) is 46.1 Å². The smallest absolute Gasteiger partial charge is 0.158 e. The number of hydrogen-bond acceptors (Lipinski definition) is 2. The van der Waals surface area contributed by atoms with Crippen LogP contribution >= 0.6 is 0 Å². The molecular weight excluding hydrogens is 188 g/mol. The summed E-state index contributed by atoms with van der Waals surface area (Å²) in [6.07, 6.45) is 3.08. The van der Waals surface area contributed by atoms with Crippen LogP contribution in [0.2, 0.25) is 0 Å². The van der Waals surface area contributed by atoms with Gasteiger partial charge in [0.05, 0.1) is 6.10 Å². The standard InChI is InChI=1S/C13H20O2/c1-5-6-11(15)12-9(2)10(14)7-8-13(12,3)4/h5,11,15H,1,6-8H2,2-4H3. The molecule has 0 heterocycles. The Kier molecular flexibility index (Phi) is 3.50. The van der Waals surface area contributed by atoms with Crippen LogP contribution in [0.1, 0.15) is 40.0 Å². The molecule has 0 spiro atoms. The Bertz CT molecular complexity index is 310. The maximum absolute atomic E-state index is 11.6. The number of hydrogen-bond donors (Lipinski definition) is 1. The summed E-state index contributed by atoms with van der Waals surface area (Å²) in [7, 11) is 0. The second kappa shape index (κ2) is 4.31. The topological polar surface area (TPSA) is 37.3 Å². The molecule has 0 bridgehead atoms. The van der Waals surface area contributed by atoms with Crippen LogP contribution in [0.3, 0.4) is 0 Å². The molecule has 0 saturated carbocycles. The monoisotopic (exact) mass is 208 g/mol. The highest BCUT2D eigenvalue weighted by Crippen LogP contribution is 2.41. The highest BCUT2D eigenvalue weighted by atomic mass is 16.3. The lowest BCUT2D eigenvalue weighted by Crippen LogP contribution is -2.32. The van der Waals surface area contributed by atoms with Gasteiger partial charge in [0, 0.05) is 6.42 Å². The number of carbonyl (C=O) groups excluding carboxylic acids is 1. The fourth-order valence-corrected chi connectivity index (χ4v) is 2.38. The van der Waals surface area contributed by atoms with Crippen molar-refractivity contribution in [3.8, 4) is 0 Å². The number of Topliss-reactive ketones (excluding diaryl/α,β-unsaturated/α-hetero) is 1. The lowest BCUT2D eigenvalue weighted by molar-refractivity contribution is -0.117. The van der Waals surface area contributed by atoms with Gasteiger partial charge in [0.2, 0.25) is 0 Å². The van der Waals surface area contributed by atoms with E-state index in [2.05, 4.69) is 20.4 Å². The summed E-state index contributed by atoms with van der Waals surface area (Å²) in [5.74, 6) is 0.174. The van der Waals surface area contributed by atoms with E-state index in [4.69, 9.17) is 0 Å². The molecule has 1 aliphatic rings. The van der Waals surface area contributed by atoms with Crippen molar-refractivity contribution in [2.24, 2.45) is 5.41 Å². The van der Waals surface area contributed by atoms with Gasteiger partial charge in [0.15, 0.2) is 5.78 Å². The van der Waals surface area contributed by atoms with Crippen molar-refractivity contribution in [1.82, 2.24) is 0 Å². The van der Waals surface area contributed by atoms with Crippen LogP contribution in [0.15, 0.2) is 23.8 Å². The second-order valence-electron chi connectivity index (χ2n) is 4.89. The molecule has 0 fully saturated rings. The number of aliphatic hydroxyl groups excluding tert-OH is 1. The third-order valence-corrected chi connectivity index (χ3v) is 3.25. The molecule has 1 aliphatic carbocycles. The Morgan fingerprint density at radius 2 is 2.20 bits per heavy atom. The van der Waals surface area contributed by atoms with Crippen LogP contribution in [0.5, 0.6) is 0 Å². The first-order valence-corrected chi connectivity index (χ1v) is 5.43. The normalized spacial score (nSPS) is 22.8. The van der Waals surface area contributed by atoms with Crippen molar-refractivity contribution in [2.75, 3.05) is 0 Å². The molecule has 0 amide bonds. The molecule has 2 heteroatoms. The van der Waals surface area contributed by atoms with E-state index in [9.17, 15) is 9.90 Å². The average Bonchev–Trinajstić information content (AvgIpc) is 2.12. The van der Waals surface area contributed by atoms with E-state index in [1.165, 1.54) is 0 Å². The first-order valence-electron chi connectivity index (χ1n) is 5.43. The van der Waals surface area contributed by atoms with E-state index in [0.29, 0.717) is 12.8 Å². The zero-order valence-electron chi connectivity index (χ0n) is 9.84. The summed E-state index contributed by atoms with van der Waals surface area (Å²) >= 11 is 0. The van der Waals surface area contributed by atoms with Gasteiger partial charge in [-0.1, -0.05) is 19.9 Å². The molecule has 0 aromatic heterocycles. The summed E-state index contributed by atoms with van der Waals surface area (Å²) in [4.78, 5) is 11.6. The number of carbonyl (C=O) groups is 1. The van der Waals surface area contributed by atoms with Crippen molar-refractivity contribution < 1.29 is 9.90 Å². The van der Waals surface area contributed by atoms with Crippen molar-refractivity contribution in [3.63, 3.8) is 0 Å². The fraction of sp³-hybridized carbons (Fsp3) is 0.615. The van der Waals surface area contributed by atoms with Crippen molar-refractivity contribution in [1.29, 1.82) is 0 Å². The Hall–Kier alpha value is -0.890. The molecule has 1 rings (SSSR count). The second-order valence-corrected chi connectivity index (χ2v) is 4.89. The summed E-state index contributed by atoms with van der Waals surface area (Å²) < 4.78 is 0. The van der Waals surface area contributed by atoms with Gasteiger partial charge in [0.1, 0.15) is 0 Å². The van der Waals surface area contributed by atoms with Gasteiger partial charge in [-0.3, -0.25) is 4.79 Å². The first-order chi connectivity index (χ1) is 6.90. The Balaban J connectivity index is 3.11. The molecule has 0 aromatic carbocycles. The van der Waals surface area contributed by atoms with Gasteiger partial charge in [-0.05, 0) is 36.3 Å². The van der Waals surface area contributed by atoms with Gasteiger partial charge >= 0.3 is 0 Å². The minimum Gasteiger partial charge on any atom is -0.388 e. The summed E-state index contributed by atoms with van der Waals surface area (Å²) in [6.45, 7) is 9.62. The van der Waals surface area contributed by atoms with Gasteiger partial charge in [-0.15, -0.1) is 6.58 Å². The van der Waals surface area contributed by atoms with Gasteiger partial charge in [-0.25, -0.2) is 0 Å². The summed E-state index contributed by atoms with van der Waals surface area (Å²) in [5, 5.41) is 10.0. The highest BCUT2D eigenvalue weighted by Gasteiger charge is 2.35. The summed E-state index contributed by atoms with van der Waals surface area (Å²) in [5.41, 5.74) is 1.58. The third-order valence-electron chi connectivity index (χ3n) is 3.25. The van der Waals surface area contributed by atoms with Crippen molar-refractivity contribution >= 4 is 5.78 Å². The molecule has 2 nitrogen and oxygen atoms in total. The number of allylic oxidation sites excluding steroid dienone is 1. The third kappa shape index (κ3) is 2.37. The molecule has 1 N–H and O–H groups in total. The Morgan fingerprint density at radius 1 is 1.60 bits per heavy atom. The van der Waals surface area contributed by atoms with Crippen LogP contribution < -0.4 is 0 Å². The van der Waals surface area contributed by atoms with Gasteiger partial charge < -0.3 is 5.11 Å². The predicted octanol–water partition coefficient (Wildman–Crippen LogP) is 2.63. The van der Waals surface area contributed by atoms with Crippen LogP contribution in [-0.4, -0.2) is 17.0 Å². The lowest BCUT2D eigenvalue weighted by Gasteiger charge is -2.36. The Morgan fingerprint density at radius 3 is 2.73 bits per heavy atom. The van der Waals surface area contributed by atoms with Gasteiger partial charge in [-0.2, -0.15) is 0 Å². The maximum Gasteiger partial charge on any atom is 0.158 e. The first kappa shape index (κ1) is 12.2. The van der Waals surface area contributed by atoms with E-state index in [1.54, 1.807) is 6.08 Å². The molecular formula is C13H20O2.